The number of benzene rings is 2. The fraction of sp³-hybridized carbons (Fsp3) is 0.447. The molecule has 2 saturated heterocycles. The summed E-state index contributed by atoms with van der Waals surface area (Å²) in [4.78, 5) is 66.6. The van der Waals surface area contributed by atoms with Crippen LogP contribution in [0.3, 0.4) is 0 Å². The summed E-state index contributed by atoms with van der Waals surface area (Å²) in [7, 11) is 0. The minimum absolute atomic E-state index is 0.0298. The van der Waals surface area contributed by atoms with Crippen molar-refractivity contribution < 1.29 is 19.2 Å². The lowest BCUT2D eigenvalue weighted by molar-refractivity contribution is -0.137. The Balaban J connectivity index is 1.13. The number of pyridine rings is 1. The largest absolute Gasteiger partial charge is 0.397 e. The minimum Gasteiger partial charge on any atom is -0.397 e. The van der Waals surface area contributed by atoms with E-state index in [2.05, 4.69) is 57.7 Å². The molecule has 4 heterocycles. The number of rotatable bonds is 12. The quantitative estimate of drug-likeness (QED) is 0.132. The predicted molar refractivity (Wildman–Crippen MR) is 216 cm³/mol. The van der Waals surface area contributed by atoms with Gasteiger partial charge in [-0.1, -0.05) is 18.2 Å². The number of aromatic nitrogens is 1. The van der Waals surface area contributed by atoms with Gasteiger partial charge < -0.3 is 47.0 Å². The molecule has 3 aliphatic heterocycles. The van der Waals surface area contributed by atoms with Crippen LogP contribution in [0, 0.1) is 0 Å². The number of hydrogen-bond donors (Lipinski definition) is 5. The highest BCUT2D eigenvalue weighted by Gasteiger charge is 2.35. The number of likely N-dealkylation sites (tertiary alicyclic amines) is 1. The first-order valence-corrected chi connectivity index (χ1v) is 20.1. The van der Waals surface area contributed by atoms with E-state index >= 15 is 0 Å². The molecule has 6 rings (SSSR count). The molecule has 54 heavy (non-hydrogen) atoms. The number of piperazine rings is 1. The molecule has 3 aliphatic rings. The first kappa shape index (κ1) is 39.3. The zero-order chi connectivity index (χ0) is 38.2. The average Bonchev–Trinajstić information content (AvgIpc) is 3.19. The van der Waals surface area contributed by atoms with Gasteiger partial charge in [-0.05, 0) is 112 Å². The average molecular weight is 869 g/mol. The monoisotopic (exact) mass is 866 g/mol. The third kappa shape index (κ3) is 9.63. The highest BCUT2D eigenvalue weighted by Crippen LogP contribution is 2.31. The lowest BCUT2D eigenvalue weighted by Crippen LogP contribution is -2.59. The number of urea groups is 2. The fourth-order valence-corrected chi connectivity index (χ4v) is 8.60. The summed E-state index contributed by atoms with van der Waals surface area (Å²) >= 11 is 6.99. The molecule has 7 N–H and O–H groups in total. The van der Waals surface area contributed by atoms with E-state index in [1.54, 1.807) is 22.2 Å². The van der Waals surface area contributed by atoms with E-state index in [1.165, 1.54) is 0 Å². The van der Waals surface area contributed by atoms with Crippen molar-refractivity contribution in [1.29, 1.82) is 0 Å². The summed E-state index contributed by atoms with van der Waals surface area (Å²) in [6, 6.07) is 13.0. The van der Waals surface area contributed by atoms with Crippen LogP contribution in [0.1, 0.15) is 43.2 Å². The number of unbranched alkanes of at least 4 members (excludes halogenated alkanes) is 1. The number of nitrogens with one attached hydrogen (secondary N) is 3. The number of amides is 6. The Morgan fingerprint density at radius 2 is 1.57 bits per heavy atom. The van der Waals surface area contributed by atoms with Crippen LogP contribution in [0.5, 0.6) is 0 Å². The number of carbonyl (C=O) groups is 4. The standard InChI is InChI=1S/C38H48Br2N10O4/c39-29-21-25(22-30(40)34(29)42)23-33(46-37(53)49-15-10-28(11-16-49)50-24-26-5-1-2-6-31(26)45-38(50)54)35(51)44-32(7-3-4-12-41)36(52)48-19-17-47(18-20-48)27-8-13-43-14-9-27/h1-2,5-6,8-9,13-14,21-22,28,32-33H,3-4,7,10-12,15-20,23-24,41-42H2,(H,44,51)(H,45,54)(H,46,53)/t32-,33+/m0/s1. The maximum absolute atomic E-state index is 14.2. The van der Waals surface area contributed by atoms with Crippen LogP contribution < -0.4 is 32.3 Å². The molecule has 14 nitrogen and oxygen atoms in total. The lowest BCUT2D eigenvalue weighted by atomic mass is 10.0. The van der Waals surface area contributed by atoms with Gasteiger partial charge in [-0.2, -0.15) is 0 Å². The van der Waals surface area contributed by atoms with E-state index in [0.717, 1.165) is 22.5 Å². The highest BCUT2D eigenvalue weighted by molar-refractivity contribution is 9.11. The van der Waals surface area contributed by atoms with Gasteiger partial charge in [0.2, 0.25) is 11.8 Å². The molecular formula is C38H48Br2N10O4. The molecule has 0 saturated carbocycles. The summed E-state index contributed by atoms with van der Waals surface area (Å²) < 4.78 is 1.31. The van der Waals surface area contributed by atoms with Crippen molar-refractivity contribution in [3.63, 3.8) is 0 Å². The molecule has 288 valence electrons. The Bertz CT molecular complexity index is 1780. The first-order chi connectivity index (χ1) is 26.1. The zero-order valence-electron chi connectivity index (χ0n) is 30.2. The van der Waals surface area contributed by atoms with Gasteiger partial charge in [-0.15, -0.1) is 0 Å². The summed E-state index contributed by atoms with van der Waals surface area (Å²) in [5.41, 5.74) is 16.2. The Labute approximate surface area is 332 Å². The minimum atomic E-state index is -0.990. The smallest absolute Gasteiger partial charge is 0.322 e. The number of para-hydroxylation sites is 1. The van der Waals surface area contributed by atoms with Crippen molar-refractivity contribution in [2.75, 3.05) is 61.8 Å². The topological polar surface area (TPSA) is 182 Å². The molecule has 6 amide bonds. The summed E-state index contributed by atoms with van der Waals surface area (Å²) in [5.74, 6) is -0.600. The number of anilines is 3. The number of fused-ring (bicyclic) bond motifs is 1. The fourth-order valence-electron chi connectivity index (χ4n) is 7.32. The predicted octanol–water partition coefficient (Wildman–Crippen LogP) is 4.28. The van der Waals surface area contributed by atoms with E-state index < -0.39 is 18.0 Å². The van der Waals surface area contributed by atoms with Gasteiger partial charge in [0.15, 0.2) is 0 Å². The molecule has 2 aromatic carbocycles. The summed E-state index contributed by atoms with van der Waals surface area (Å²) in [5, 5.41) is 8.99. The molecule has 1 aromatic heterocycles. The molecule has 0 spiro atoms. The van der Waals surface area contributed by atoms with Crippen LogP contribution in [0.15, 0.2) is 69.9 Å². The van der Waals surface area contributed by atoms with E-state index in [0.29, 0.717) is 99.1 Å². The van der Waals surface area contributed by atoms with Gasteiger partial charge in [0, 0.05) is 91.0 Å². The van der Waals surface area contributed by atoms with Crippen LogP contribution in [0.25, 0.3) is 0 Å². The molecular weight excluding hydrogens is 820 g/mol. The first-order valence-electron chi connectivity index (χ1n) is 18.5. The van der Waals surface area contributed by atoms with Crippen LogP contribution in [-0.4, -0.2) is 107 Å². The molecule has 16 heteroatoms. The highest BCUT2D eigenvalue weighted by atomic mass is 79.9. The van der Waals surface area contributed by atoms with Gasteiger partial charge in [0.25, 0.3) is 0 Å². The third-order valence-corrected chi connectivity index (χ3v) is 11.7. The Kier molecular flexibility index (Phi) is 13.3. The van der Waals surface area contributed by atoms with Crippen molar-refractivity contribution in [2.24, 2.45) is 5.73 Å². The van der Waals surface area contributed by atoms with Gasteiger partial charge in [-0.25, -0.2) is 9.59 Å². The van der Waals surface area contributed by atoms with E-state index in [1.807, 2.05) is 53.4 Å². The number of nitrogens with two attached hydrogens (primary N) is 2. The molecule has 3 aromatic rings. The summed E-state index contributed by atoms with van der Waals surface area (Å²) in [6.07, 6.45) is 6.67. The van der Waals surface area contributed by atoms with Crippen molar-refractivity contribution in [3.05, 3.63) is 81.0 Å². The maximum Gasteiger partial charge on any atom is 0.322 e. The van der Waals surface area contributed by atoms with Gasteiger partial charge in [0.1, 0.15) is 12.1 Å². The Morgan fingerprint density at radius 1 is 0.889 bits per heavy atom. The van der Waals surface area contributed by atoms with E-state index in [9.17, 15) is 19.2 Å². The van der Waals surface area contributed by atoms with E-state index in [-0.39, 0.29) is 30.4 Å². The molecule has 0 unspecified atom stereocenters. The number of hydrogen-bond acceptors (Lipinski definition) is 8. The zero-order valence-corrected chi connectivity index (χ0v) is 33.4. The molecule has 0 bridgehead atoms. The normalized spacial score (nSPS) is 17.4. The third-order valence-electron chi connectivity index (χ3n) is 10.4. The van der Waals surface area contributed by atoms with Crippen molar-refractivity contribution in [3.8, 4) is 0 Å². The lowest BCUT2D eigenvalue weighted by Gasteiger charge is -2.40. The van der Waals surface area contributed by atoms with Gasteiger partial charge in [-0.3, -0.25) is 14.6 Å². The number of carbonyl (C=O) groups excluding carboxylic acids is 4. The SMILES string of the molecule is NCCCC[C@H](NC(=O)[C@@H](Cc1cc(Br)c(N)c(Br)c1)NC(=O)N1CCC(N2Cc3ccccc3NC2=O)CC1)C(=O)N1CCN(c2ccncc2)CC1. The molecule has 0 radical (unpaired) electrons. The Hall–Kier alpha value is -4.41. The number of nitrogen functional groups attached to an aromatic ring is 1. The molecule has 2 fully saturated rings. The Morgan fingerprint density at radius 3 is 2.26 bits per heavy atom. The number of halogens is 2. The molecule has 2 atom stereocenters. The van der Waals surface area contributed by atoms with Crippen LogP contribution in [0.2, 0.25) is 0 Å². The van der Waals surface area contributed by atoms with Crippen molar-refractivity contribution in [1.82, 2.24) is 30.3 Å². The van der Waals surface area contributed by atoms with Crippen LogP contribution in [-0.2, 0) is 22.6 Å². The summed E-state index contributed by atoms with van der Waals surface area (Å²) in [6.45, 7) is 4.17. The van der Waals surface area contributed by atoms with Gasteiger partial charge in [0.05, 0.1) is 5.69 Å². The van der Waals surface area contributed by atoms with Crippen molar-refractivity contribution >= 4 is 72.8 Å². The van der Waals surface area contributed by atoms with Crippen molar-refractivity contribution in [2.45, 2.75) is 63.2 Å². The number of nitrogens with zero attached hydrogens (tertiary/aromatic N) is 5. The molecule has 0 aliphatic carbocycles. The number of piperidine rings is 1. The second kappa shape index (κ2) is 18.3. The second-order valence-electron chi connectivity index (χ2n) is 14.0. The van der Waals surface area contributed by atoms with Crippen LogP contribution >= 0.6 is 31.9 Å². The van der Waals surface area contributed by atoms with Gasteiger partial charge >= 0.3 is 12.1 Å². The second-order valence-corrected chi connectivity index (χ2v) is 15.7. The maximum atomic E-state index is 14.2. The van der Waals surface area contributed by atoms with Crippen LogP contribution in [0.4, 0.5) is 26.7 Å². The van der Waals surface area contributed by atoms with E-state index in [4.69, 9.17) is 11.5 Å².